The van der Waals surface area contributed by atoms with Crippen molar-refractivity contribution in [2.75, 3.05) is 18.7 Å². The number of aryl methyl sites for hydroxylation is 1. The number of nitrogens with one attached hydrogen (secondary N) is 1. The molecule has 9 heteroatoms. The van der Waals surface area contributed by atoms with E-state index in [-0.39, 0.29) is 19.1 Å². The van der Waals surface area contributed by atoms with E-state index in [1.165, 1.54) is 11.3 Å². The number of hydrogen-bond donors (Lipinski definition) is 1. The quantitative estimate of drug-likeness (QED) is 0.490. The predicted molar refractivity (Wildman–Crippen MR) is 118 cm³/mol. The zero-order valence-electron chi connectivity index (χ0n) is 17.0. The van der Waals surface area contributed by atoms with Gasteiger partial charge in [-0.2, -0.15) is 9.78 Å². The van der Waals surface area contributed by atoms with Gasteiger partial charge in [0.05, 0.1) is 28.9 Å². The number of carbonyl (C=O) groups excluding carboxylic acids is 1. The fourth-order valence-corrected chi connectivity index (χ4v) is 4.31. The number of fused-ring (bicyclic) bond motifs is 2. The number of rotatable bonds is 6. The second-order valence-electron chi connectivity index (χ2n) is 7.05. The average Bonchev–Trinajstić information content (AvgIpc) is 3.45. The lowest BCUT2D eigenvalue weighted by Crippen LogP contribution is -2.17. The minimum atomic E-state index is -0.132. The predicted octanol–water partition coefficient (Wildman–Crippen LogP) is 4.10. The largest absolute Gasteiger partial charge is 0.494 e. The monoisotopic (exact) mass is 436 g/mol. The van der Waals surface area contributed by atoms with Crippen molar-refractivity contribution in [1.29, 1.82) is 0 Å². The number of carbonyl (C=O) groups is 1. The van der Waals surface area contributed by atoms with E-state index in [4.69, 9.17) is 14.2 Å². The number of anilines is 1. The van der Waals surface area contributed by atoms with Gasteiger partial charge in [0.1, 0.15) is 11.6 Å². The summed E-state index contributed by atoms with van der Waals surface area (Å²) >= 11 is 1.47. The summed E-state index contributed by atoms with van der Waals surface area (Å²) in [5, 5.41) is 8.13. The van der Waals surface area contributed by atoms with Gasteiger partial charge in [-0.3, -0.25) is 4.79 Å². The molecule has 158 valence electrons. The third-order valence-electron chi connectivity index (χ3n) is 4.75. The van der Waals surface area contributed by atoms with Crippen molar-refractivity contribution in [2.24, 2.45) is 0 Å². The Balaban J connectivity index is 1.36. The molecule has 0 atom stereocenters. The lowest BCUT2D eigenvalue weighted by atomic mass is 10.1. The number of hydrogen-bond acceptors (Lipinski definition) is 7. The van der Waals surface area contributed by atoms with Crippen LogP contribution in [0, 0.1) is 6.92 Å². The first-order valence-corrected chi connectivity index (χ1v) is 10.7. The van der Waals surface area contributed by atoms with Crippen molar-refractivity contribution in [3.8, 4) is 22.4 Å². The number of thiazole rings is 1. The normalized spacial score (nSPS) is 12.3. The second kappa shape index (κ2) is 7.92. The molecular weight excluding hydrogens is 416 g/mol. The highest BCUT2D eigenvalue weighted by molar-refractivity contribution is 7.20. The lowest BCUT2D eigenvalue weighted by molar-refractivity contribution is -0.115. The van der Waals surface area contributed by atoms with Crippen LogP contribution in [-0.4, -0.2) is 34.1 Å². The maximum atomic E-state index is 12.7. The summed E-state index contributed by atoms with van der Waals surface area (Å²) in [6, 6.07) is 13.1. The molecule has 1 amide bonds. The number of amides is 1. The van der Waals surface area contributed by atoms with Crippen LogP contribution in [0.2, 0.25) is 0 Å². The molecule has 1 N–H and O–H groups in total. The van der Waals surface area contributed by atoms with Gasteiger partial charge in [-0.1, -0.05) is 23.5 Å². The third kappa shape index (κ3) is 3.91. The molecular formula is C22H20N4O4S. The molecule has 2 aromatic heterocycles. The summed E-state index contributed by atoms with van der Waals surface area (Å²) in [5.41, 5.74) is 2.48. The molecule has 0 saturated heterocycles. The molecule has 1 aliphatic heterocycles. The van der Waals surface area contributed by atoms with Crippen molar-refractivity contribution in [3.63, 3.8) is 0 Å². The Morgan fingerprint density at radius 2 is 1.97 bits per heavy atom. The standard InChI is InChI=1S/C22H20N4O4S/c1-3-28-15-6-4-14(5-7-15)9-21(27)24-20-8-13(2)25-26(20)22-23-16-10-17-18(30-12-29-17)11-19(16)31-22/h4-8,10-11H,3,9,12H2,1-2H3,(H,24,27). The van der Waals surface area contributed by atoms with Gasteiger partial charge in [0, 0.05) is 18.2 Å². The molecule has 0 aliphatic carbocycles. The summed E-state index contributed by atoms with van der Waals surface area (Å²) in [4.78, 5) is 17.3. The highest BCUT2D eigenvalue weighted by Gasteiger charge is 2.19. The van der Waals surface area contributed by atoms with E-state index in [0.29, 0.717) is 29.1 Å². The zero-order chi connectivity index (χ0) is 21.4. The van der Waals surface area contributed by atoms with Crippen LogP contribution in [0.5, 0.6) is 17.2 Å². The van der Waals surface area contributed by atoms with Crippen molar-refractivity contribution in [3.05, 3.63) is 53.7 Å². The Hall–Kier alpha value is -3.59. The first kappa shape index (κ1) is 19.4. The summed E-state index contributed by atoms with van der Waals surface area (Å²) in [5.74, 6) is 2.63. The molecule has 2 aromatic carbocycles. The zero-order valence-corrected chi connectivity index (χ0v) is 17.9. The van der Waals surface area contributed by atoms with Crippen LogP contribution < -0.4 is 19.5 Å². The van der Waals surface area contributed by atoms with Gasteiger partial charge in [0.25, 0.3) is 0 Å². The fourth-order valence-electron chi connectivity index (χ4n) is 3.37. The van der Waals surface area contributed by atoms with Gasteiger partial charge in [-0.25, -0.2) is 4.98 Å². The van der Waals surface area contributed by atoms with Crippen LogP contribution in [-0.2, 0) is 11.2 Å². The molecule has 0 bridgehead atoms. The van der Waals surface area contributed by atoms with Gasteiger partial charge in [-0.05, 0) is 31.5 Å². The Kier molecular flexibility index (Phi) is 4.95. The molecule has 3 heterocycles. The topological polar surface area (TPSA) is 87.5 Å². The Morgan fingerprint density at radius 1 is 1.19 bits per heavy atom. The van der Waals surface area contributed by atoms with Gasteiger partial charge in [0.15, 0.2) is 11.5 Å². The van der Waals surface area contributed by atoms with Crippen LogP contribution in [0.25, 0.3) is 15.3 Å². The van der Waals surface area contributed by atoms with Crippen molar-refractivity contribution in [2.45, 2.75) is 20.3 Å². The van der Waals surface area contributed by atoms with Crippen LogP contribution in [0.15, 0.2) is 42.5 Å². The van der Waals surface area contributed by atoms with Gasteiger partial charge in [0.2, 0.25) is 17.8 Å². The van der Waals surface area contributed by atoms with Gasteiger partial charge < -0.3 is 19.5 Å². The van der Waals surface area contributed by atoms with Crippen molar-refractivity contribution in [1.82, 2.24) is 14.8 Å². The van der Waals surface area contributed by atoms with Gasteiger partial charge in [-0.15, -0.1) is 0 Å². The number of ether oxygens (including phenoxy) is 3. The molecule has 8 nitrogen and oxygen atoms in total. The highest BCUT2D eigenvalue weighted by atomic mass is 32.1. The first-order valence-electron chi connectivity index (χ1n) is 9.88. The molecule has 0 spiro atoms. The van der Waals surface area contributed by atoms with E-state index in [0.717, 1.165) is 27.2 Å². The number of aromatic nitrogens is 3. The molecule has 0 unspecified atom stereocenters. The van der Waals surface area contributed by atoms with Crippen molar-refractivity contribution < 1.29 is 19.0 Å². The highest BCUT2D eigenvalue weighted by Crippen LogP contribution is 2.38. The maximum Gasteiger partial charge on any atom is 0.231 e. The average molecular weight is 436 g/mol. The minimum Gasteiger partial charge on any atom is -0.494 e. The van der Waals surface area contributed by atoms with E-state index in [9.17, 15) is 4.79 Å². The van der Waals surface area contributed by atoms with E-state index in [1.54, 1.807) is 4.68 Å². The molecule has 5 rings (SSSR count). The SMILES string of the molecule is CCOc1ccc(CC(=O)Nc2cc(C)nn2-c2nc3cc4c(cc3s2)OCO4)cc1. The fraction of sp³-hybridized carbons (Fsp3) is 0.227. The molecule has 1 aliphatic rings. The Bertz CT molecular complexity index is 1220. The molecule has 31 heavy (non-hydrogen) atoms. The Morgan fingerprint density at radius 3 is 2.74 bits per heavy atom. The smallest absolute Gasteiger partial charge is 0.231 e. The summed E-state index contributed by atoms with van der Waals surface area (Å²) in [7, 11) is 0. The third-order valence-corrected chi connectivity index (χ3v) is 5.74. The van der Waals surface area contributed by atoms with Crippen LogP contribution >= 0.6 is 11.3 Å². The first-order chi connectivity index (χ1) is 15.1. The minimum absolute atomic E-state index is 0.132. The van der Waals surface area contributed by atoms with Crippen LogP contribution in [0.1, 0.15) is 18.2 Å². The van der Waals surface area contributed by atoms with Crippen molar-refractivity contribution >= 4 is 33.3 Å². The summed E-state index contributed by atoms with van der Waals surface area (Å²) in [6.45, 7) is 4.65. The summed E-state index contributed by atoms with van der Waals surface area (Å²) < 4.78 is 18.9. The van der Waals surface area contributed by atoms with E-state index < -0.39 is 0 Å². The number of benzene rings is 2. The lowest BCUT2D eigenvalue weighted by Gasteiger charge is -2.07. The molecule has 0 saturated carbocycles. The maximum absolute atomic E-state index is 12.7. The Labute approximate surface area is 182 Å². The van der Waals surface area contributed by atoms with Gasteiger partial charge >= 0.3 is 0 Å². The summed E-state index contributed by atoms with van der Waals surface area (Å²) in [6.07, 6.45) is 0.248. The molecule has 4 aromatic rings. The van der Waals surface area contributed by atoms with Crippen LogP contribution in [0.4, 0.5) is 5.82 Å². The molecule has 0 fully saturated rings. The van der Waals surface area contributed by atoms with E-state index >= 15 is 0 Å². The van der Waals surface area contributed by atoms with E-state index in [1.807, 2.05) is 56.3 Å². The molecule has 0 radical (unpaired) electrons. The second-order valence-corrected chi connectivity index (χ2v) is 8.06. The van der Waals surface area contributed by atoms with Crippen LogP contribution in [0.3, 0.4) is 0 Å². The number of nitrogens with zero attached hydrogens (tertiary/aromatic N) is 3. The van der Waals surface area contributed by atoms with E-state index in [2.05, 4.69) is 15.4 Å².